The average molecular weight is 308 g/mol. The van der Waals surface area contributed by atoms with Gasteiger partial charge in [0.05, 0.1) is 0 Å². The summed E-state index contributed by atoms with van der Waals surface area (Å²) in [6.07, 6.45) is 1.86. The topological polar surface area (TPSA) is 84.0 Å². The summed E-state index contributed by atoms with van der Waals surface area (Å²) in [5, 5.41) is 6.27. The van der Waals surface area contributed by atoms with Crippen molar-refractivity contribution in [1.29, 1.82) is 0 Å². The Kier molecular flexibility index (Phi) is 4.70. The van der Waals surface area contributed by atoms with E-state index in [1.54, 1.807) is 24.3 Å². The van der Waals surface area contributed by atoms with Crippen molar-refractivity contribution in [2.45, 2.75) is 12.1 Å². The molecule has 0 atom stereocenters. The molecule has 2 aromatic rings. The molecule has 8 heteroatoms. The fourth-order valence-electron chi connectivity index (χ4n) is 1.42. The van der Waals surface area contributed by atoms with Crippen LogP contribution in [0.5, 0.6) is 0 Å². The predicted molar refractivity (Wildman–Crippen MR) is 80.8 cm³/mol. The zero-order chi connectivity index (χ0) is 14.5. The Morgan fingerprint density at radius 3 is 2.75 bits per heavy atom. The Hall–Kier alpha value is -1.93. The van der Waals surface area contributed by atoms with Crippen molar-refractivity contribution >= 4 is 45.9 Å². The van der Waals surface area contributed by atoms with Crippen LogP contribution >= 0.6 is 23.3 Å². The molecule has 0 saturated carbocycles. The number of rotatable bonds is 4. The molecule has 0 spiro atoms. The largest absolute Gasteiger partial charge is 0.325 e. The molecule has 0 fully saturated rings. The van der Waals surface area contributed by atoms with Gasteiger partial charge >= 0.3 is 6.03 Å². The molecule has 104 valence electrons. The van der Waals surface area contributed by atoms with Crippen molar-refractivity contribution in [3.63, 3.8) is 0 Å². The quantitative estimate of drug-likeness (QED) is 0.669. The molecular weight excluding hydrogens is 296 g/mol. The van der Waals surface area contributed by atoms with E-state index in [1.807, 2.05) is 6.26 Å². The van der Waals surface area contributed by atoms with Gasteiger partial charge in [-0.05, 0) is 25.3 Å². The van der Waals surface area contributed by atoms with Crippen molar-refractivity contribution in [3.8, 4) is 0 Å². The second-order valence-electron chi connectivity index (χ2n) is 3.80. The predicted octanol–water partition coefficient (Wildman–Crippen LogP) is 3.11. The summed E-state index contributed by atoms with van der Waals surface area (Å²) < 4.78 is 4.04. The van der Waals surface area contributed by atoms with E-state index in [0.717, 1.165) is 11.5 Å². The van der Waals surface area contributed by atoms with E-state index < -0.39 is 6.03 Å². The Morgan fingerprint density at radius 2 is 2.10 bits per heavy atom. The first-order chi connectivity index (χ1) is 9.58. The van der Waals surface area contributed by atoms with Gasteiger partial charge in [0.2, 0.25) is 10.3 Å². The van der Waals surface area contributed by atoms with Gasteiger partial charge in [-0.15, -0.1) is 0 Å². The number of ketones is 1. The number of thioether (sulfide) groups is 1. The molecule has 0 aliphatic heterocycles. The fourth-order valence-corrected chi connectivity index (χ4v) is 2.54. The average Bonchev–Trinajstić information content (AvgIpc) is 2.86. The highest BCUT2D eigenvalue weighted by molar-refractivity contribution is 7.98. The highest BCUT2D eigenvalue weighted by atomic mass is 32.2. The molecule has 2 rings (SSSR count). The molecule has 1 aromatic carbocycles. The van der Waals surface area contributed by atoms with E-state index in [-0.39, 0.29) is 5.78 Å². The van der Waals surface area contributed by atoms with Crippen LogP contribution in [-0.2, 0) is 0 Å². The van der Waals surface area contributed by atoms with Gasteiger partial charge in [-0.1, -0.05) is 23.9 Å². The van der Waals surface area contributed by atoms with E-state index in [2.05, 4.69) is 20.0 Å². The maximum Gasteiger partial charge on any atom is 0.325 e. The fraction of sp³-hybridized carbons (Fsp3) is 0.167. The summed E-state index contributed by atoms with van der Waals surface area (Å²) in [6.45, 7) is 1.48. The number of carbonyl (C=O) groups is 2. The molecule has 0 saturated heterocycles. The smallest absolute Gasteiger partial charge is 0.308 e. The molecule has 2 N–H and O–H groups in total. The van der Waals surface area contributed by atoms with E-state index >= 15 is 0 Å². The molecule has 0 unspecified atom stereocenters. The number of Topliss-reactive ketones (excluding diaryl/α,β-unsaturated/α-hetero) is 1. The van der Waals surface area contributed by atoms with Crippen molar-refractivity contribution in [2.24, 2.45) is 0 Å². The molecular formula is C12H12N4O2S2. The summed E-state index contributed by atoms with van der Waals surface area (Å²) in [5.41, 5.74) is 1.09. The molecule has 0 aliphatic rings. The van der Waals surface area contributed by atoms with E-state index in [0.29, 0.717) is 21.5 Å². The number of nitrogens with one attached hydrogen (secondary N) is 2. The zero-order valence-electron chi connectivity index (χ0n) is 10.8. The number of anilines is 2. The van der Waals surface area contributed by atoms with Crippen LogP contribution in [-0.4, -0.2) is 27.4 Å². The first kappa shape index (κ1) is 14.5. The number of urea groups is 1. The SMILES string of the molecule is CSc1nsc(NC(=O)Nc2cccc(C(C)=O)c2)n1. The number of aromatic nitrogens is 2. The molecule has 0 aliphatic carbocycles. The van der Waals surface area contributed by atoms with Gasteiger partial charge in [-0.25, -0.2) is 4.79 Å². The lowest BCUT2D eigenvalue weighted by atomic mass is 10.1. The minimum absolute atomic E-state index is 0.0530. The summed E-state index contributed by atoms with van der Waals surface area (Å²) >= 11 is 2.52. The maximum absolute atomic E-state index is 11.8. The second kappa shape index (κ2) is 6.49. The summed E-state index contributed by atoms with van der Waals surface area (Å²) in [6, 6.07) is 6.31. The number of carbonyl (C=O) groups excluding carboxylic acids is 2. The first-order valence-electron chi connectivity index (χ1n) is 5.65. The molecule has 0 radical (unpaired) electrons. The van der Waals surface area contributed by atoms with Crippen LogP contribution in [0.4, 0.5) is 15.6 Å². The van der Waals surface area contributed by atoms with Gasteiger partial charge in [-0.2, -0.15) is 9.36 Å². The van der Waals surface area contributed by atoms with Crippen molar-refractivity contribution < 1.29 is 9.59 Å². The second-order valence-corrected chi connectivity index (χ2v) is 5.33. The van der Waals surface area contributed by atoms with Gasteiger partial charge in [0.25, 0.3) is 0 Å². The third kappa shape index (κ3) is 3.78. The Morgan fingerprint density at radius 1 is 1.30 bits per heavy atom. The summed E-state index contributed by atoms with van der Waals surface area (Å²) in [4.78, 5) is 27.1. The molecule has 2 amide bonds. The Bertz CT molecular complexity index is 642. The highest BCUT2D eigenvalue weighted by Gasteiger charge is 2.08. The molecule has 6 nitrogen and oxygen atoms in total. The van der Waals surface area contributed by atoms with Crippen molar-refractivity contribution in [2.75, 3.05) is 16.9 Å². The van der Waals surface area contributed by atoms with Gasteiger partial charge in [-0.3, -0.25) is 10.1 Å². The third-order valence-electron chi connectivity index (χ3n) is 2.34. The Labute approximate surface area is 124 Å². The van der Waals surface area contributed by atoms with Crippen LogP contribution in [0.3, 0.4) is 0 Å². The Balaban J connectivity index is 2.00. The van der Waals surface area contributed by atoms with Crippen LogP contribution < -0.4 is 10.6 Å². The lowest BCUT2D eigenvalue weighted by Crippen LogP contribution is -2.19. The lowest BCUT2D eigenvalue weighted by molar-refractivity contribution is 0.101. The number of benzene rings is 1. The monoisotopic (exact) mass is 308 g/mol. The zero-order valence-corrected chi connectivity index (χ0v) is 12.5. The molecule has 0 bridgehead atoms. The van der Waals surface area contributed by atoms with E-state index in [9.17, 15) is 9.59 Å². The number of amides is 2. The highest BCUT2D eigenvalue weighted by Crippen LogP contribution is 2.18. The molecule has 20 heavy (non-hydrogen) atoms. The van der Waals surface area contributed by atoms with Gasteiger partial charge < -0.3 is 5.32 Å². The first-order valence-corrected chi connectivity index (χ1v) is 7.65. The third-order valence-corrected chi connectivity index (χ3v) is 3.63. The summed E-state index contributed by atoms with van der Waals surface area (Å²) in [7, 11) is 0. The number of nitrogens with zero attached hydrogens (tertiary/aromatic N) is 2. The van der Waals surface area contributed by atoms with Crippen molar-refractivity contribution in [1.82, 2.24) is 9.36 Å². The normalized spacial score (nSPS) is 10.1. The minimum Gasteiger partial charge on any atom is -0.308 e. The van der Waals surface area contributed by atoms with E-state index in [4.69, 9.17) is 0 Å². The van der Waals surface area contributed by atoms with Crippen molar-refractivity contribution in [3.05, 3.63) is 29.8 Å². The number of hydrogen-bond acceptors (Lipinski definition) is 6. The molecule has 1 heterocycles. The van der Waals surface area contributed by atoms with Crippen LogP contribution in [0.1, 0.15) is 17.3 Å². The van der Waals surface area contributed by atoms with Crippen LogP contribution in [0.2, 0.25) is 0 Å². The van der Waals surface area contributed by atoms with Crippen LogP contribution in [0, 0.1) is 0 Å². The van der Waals surface area contributed by atoms with Gasteiger partial charge in [0.1, 0.15) is 0 Å². The maximum atomic E-state index is 11.8. The lowest BCUT2D eigenvalue weighted by Gasteiger charge is -2.06. The van der Waals surface area contributed by atoms with Crippen LogP contribution in [0.15, 0.2) is 29.4 Å². The number of hydrogen-bond donors (Lipinski definition) is 2. The minimum atomic E-state index is -0.422. The standard InChI is InChI=1S/C12H12N4O2S2/c1-7(17)8-4-3-5-9(6-8)13-10(18)14-11-15-12(19-2)16-20-11/h3-6H,1-2H3,(H2,13,14,15,16,18). The van der Waals surface area contributed by atoms with Gasteiger partial charge in [0.15, 0.2) is 5.78 Å². The molecule has 1 aromatic heterocycles. The summed E-state index contributed by atoms with van der Waals surface area (Å²) in [5.74, 6) is -0.0530. The van der Waals surface area contributed by atoms with E-state index in [1.165, 1.54) is 18.7 Å². The van der Waals surface area contributed by atoms with Gasteiger partial charge in [0, 0.05) is 22.8 Å². The van der Waals surface area contributed by atoms with Crippen LogP contribution in [0.25, 0.3) is 0 Å².